The number of amides is 2. The van der Waals surface area contributed by atoms with Gasteiger partial charge in [0.2, 0.25) is 0 Å². The third-order valence-corrected chi connectivity index (χ3v) is 5.73. The van der Waals surface area contributed by atoms with Gasteiger partial charge in [-0.25, -0.2) is 9.78 Å². The second-order valence-corrected chi connectivity index (χ2v) is 7.48. The Morgan fingerprint density at radius 1 is 1.19 bits per heavy atom. The van der Waals surface area contributed by atoms with Gasteiger partial charge in [-0.3, -0.25) is 0 Å². The van der Waals surface area contributed by atoms with E-state index in [9.17, 15) is 4.79 Å². The number of hydrogen-bond donors (Lipinski definition) is 2. The van der Waals surface area contributed by atoms with Crippen molar-refractivity contribution in [2.75, 3.05) is 5.32 Å². The molecule has 0 atom stereocenters. The third kappa shape index (κ3) is 2.50. The van der Waals surface area contributed by atoms with Crippen molar-refractivity contribution < 1.29 is 4.79 Å². The Kier molecular flexibility index (Phi) is 3.10. The van der Waals surface area contributed by atoms with E-state index in [-0.39, 0.29) is 11.6 Å². The van der Waals surface area contributed by atoms with Crippen molar-refractivity contribution in [3.63, 3.8) is 0 Å². The Balaban J connectivity index is 1.46. The van der Waals surface area contributed by atoms with Crippen LogP contribution in [-0.2, 0) is 0 Å². The van der Waals surface area contributed by atoms with E-state index in [1.807, 2.05) is 0 Å². The van der Waals surface area contributed by atoms with Crippen molar-refractivity contribution in [1.29, 1.82) is 0 Å². The summed E-state index contributed by atoms with van der Waals surface area (Å²) in [5.74, 6) is 2.45. The third-order valence-electron chi connectivity index (χ3n) is 5.42. The predicted octanol–water partition coefficient (Wildman–Crippen LogP) is 3.83. The first-order valence-electron chi connectivity index (χ1n) is 7.82. The average molecular weight is 306 g/mol. The second-order valence-electron chi connectivity index (χ2n) is 7.12. The zero-order valence-corrected chi connectivity index (χ0v) is 12.7. The van der Waals surface area contributed by atoms with Crippen LogP contribution in [0.4, 0.5) is 10.5 Å². The lowest BCUT2D eigenvalue weighted by molar-refractivity contribution is -0.0127. The van der Waals surface area contributed by atoms with Crippen LogP contribution in [0.3, 0.4) is 0 Å². The quantitative estimate of drug-likeness (QED) is 0.816. The summed E-state index contributed by atoms with van der Waals surface area (Å²) in [6.07, 6.45) is 9.17. The first kappa shape index (κ1) is 13.4. The molecule has 1 heterocycles. The van der Waals surface area contributed by atoms with Gasteiger partial charge < -0.3 is 10.6 Å². The molecule has 0 spiro atoms. The number of pyridine rings is 1. The molecule has 0 radical (unpaired) electrons. The minimum atomic E-state index is -0.146. The molecule has 0 aromatic carbocycles. The number of nitrogens with one attached hydrogen (secondary N) is 2. The smallest absolute Gasteiger partial charge is 0.319 e. The van der Waals surface area contributed by atoms with Gasteiger partial charge in [0.25, 0.3) is 0 Å². The van der Waals surface area contributed by atoms with Gasteiger partial charge in [0, 0.05) is 11.7 Å². The van der Waals surface area contributed by atoms with Crippen LogP contribution < -0.4 is 10.6 Å². The highest BCUT2D eigenvalue weighted by molar-refractivity contribution is 6.32. The first-order chi connectivity index (χ1) is 10.1. The van der Waals surface area contributed by atoms with Gasteiger partial charge in [-0.05, 0) is 68.4 Å². The Morgan fingerprint density at radius 2 is 1.81 bits per heavy atom. The molecule has 0 unspecified atom stereocenters. The monoisotopic (exact) mass is 305 g/mol. The number of nitrogens with zero attached hydrogens (tertiary/aromatic N) is 1. The van der Waals surface area contributed by atoms with Crippen LogP contribution in [0, 0.1) is 17.8 Å². The summed E-state index contributed by atoms with van der Waals surface area (Å²) in [5.41, 5.74) is 0.592. The number of rotatable bonds is 2. The molecule has 4 saturated carbocycles. The molecule has 1 aromatic rings. The topological polar surface area (TPSA) is 54.0 Å². The van der Waals surface area contributed by atoms with Gasteiger partial charge in [0.15, 0.2) is 5.15 Å². The molecule has 0 aliphatic heterocycles. The van der Waals surface area contributed by atoms with Gasteiger partial charge >= 0.3 is 6.03 Å². The van der Waals surface area contributed by atoms with Crippen molar-refractivity contribution >= 4 is 23.3 Å². The molecule has 4 aliphatic rings. The molecule has 112 valence electrons. The number of hydrogen-bond acceptors (Lipinski definition) is 2. The fourth-order valence-corrected chi connectivity index (χ4v) is 5.30. The lowest BCUT2D eigenvalue weighted by Crippen LogP contribution is -2.60. The van der Waals surface area contributed by atoms with Crippen LogP contribution >= 0.6 is 11.6 Å². The normalized spacial score (nSPS) is 36.5. The molecule has 5 heteroatoms. The Labute approximate surface area is 129 Å². The summed E-state index contributed by atoms with van der Waals surface area (Å²) >= 11 is 5.99. The van der Waals surface area contributed by atoms with Crippen LogP contribution in [0.1, 0.15) is 38.5 Å². The molecule has 2 amide bonds. The van der Waals surface area contributed by atoms with E-state index in [1.54, 1.807) is 18.3 Å². The predicted molar refractivity (Wildman–Crippen MR) is 82.3 cm³/mol. The van der Waals surface area contributed by atoms with Gasteiger partial charge in [-0.1, -0.05) is 11.6 Å². The summed E-state index contributed by atoms with van der Waals surface area (Å²) in [6.45, 7) is 0. The minimum Gasteiger partial charge on any atom is -0.332 e. The average Bonchev–Trinajstić information content (AvgIpc) is 2.39. The highest BCUT2D eigenvalue weighted by Crippen LogP contribution is 2.55. The van der Waals surface area contributed by atoms with Gasteiger partial charge in [-0.15, -0.1) is 0 Å². The fourth-order valence-electron chi connectivity index (χ4n) is 5.14. The number of aromatic nitrogens is 1. The van der Waals surface area contributed by atoms with Crippen LogP contribution in [0.5, 0.6) is 0 Å². The first-order valence-corrected chi connectivity index (χ1v) is 8.19. The fraction of sp³-hybridized carbons (Fsp3) is 0.625. The second kappa shape index (κ2) is 4.87. The maximum absolute atomic E-state index is 12.3. The molecule has 1 aromatic heterocycles. The Hall–Kier alpha value is -1.29. The van der Waals surface area contributed by atoms with E-state index in [2.05, 4.69) is 15.6 Å². The SMILES string of the molecule is O=C(Nc1cccnc1Cl)NC12CC3CC(CC(C3)C1)C2. The van der Waals surface area contributed by atoms with Gasteiger partial charge in [0.05, 0.1) is 5.69 Å². The zero-order valence-electron chi connectivity index (χ0n) is 11.9. The number of carbonyl (C=O) groups is 1. The zero-order chi connectivity index (χ0) is 14.4. The number of anilines is 1. The number of carbonyl (C=O) groups excluding carboxylic acids is 1. The van der Waals surface area contributed by atoms with Gasteiger partial charge in [-0.2, -0.15) is 0 Å². The van der Waals surface area contributed by atoms with E-state index >= 15 is 0 Å². The summed E-state index contributed by atoms with van der Waals surface area (Å²) in [4.78, 5) is 16.3. The van der Waals surface area contributed by atoms with Crippen LogP contribution in [0.2, 0.25) is 5.15 Å². The van der Waals surface area contributed by atoms with E-state index in [0.29, 0.717) is 10.8 Å². The highest BCUT2D eigenvalue weighted by Gasteiger charge is 2.51. The molecule has 0 saturated heterocycles. The van der Waals surface area contributed by atoms with Crippen LogP contribution in [0.15, 0.2) is 18.3 Å². The van der Waals surface area contributed by atoms with Crippen molar-refractivity contribution in [1.82, 2.24) is 10.3 Å². The minimum absolute atomic E-state index is 0.0213. The molecular formula is C16H20ClN3O. The summed E-state index contributed by atoms with van der Waals surface area (Å²) in [5, 5.41) is 6.44. The van der Waals surface area contributed by atoms with E-state index in [4.69, 9.17) is 11.6 Å². The maximum Gasteiger partial charge on any atom is 0.319 e. The number of urea groups is 1. The van der Waals surface area contributed by atoms with Gasteiger partial charge in [0.1, 0.15) is 0 Å². The lowest BCUT2D eigenvalue weighted by Gasteiger charge is -2.56. The van der Waals surface area contributed by atoms with Crippen LogP contribution in [-0.4, -0.2) is 16.6 Å². The van der Waals surface area contributed by atoms with Crippen molar-refractivity contribution in [2.45, 2.75) is 44.1 Å². The maximum atomic E-state index is 12.3. The molecule has 4 aliphatic carbocycles. The molecule has 4 nitrogen and oxygen atoms in total. The Bertz CT molecular complexity index is 539. The van der Waals surface area contributed by atoms with E-state index in [1.165, 1.54) is 19.3 Å². The summed E-state index contributed by atoms with van der Waals surface area (Å²) in [6, 6.07) is 3.40. The largest absolute Gasteiger partial charge is 0.332 e. The number of halogens is 1. The van der Waals surface area contributed by atoms with Crippen LogP contribution in [0.25, 0.3) is 0 Å². The molecule has 2 N–H and O–H groups in total. The molecule has 5 rings (SSSR count). The molecule has 4 fully saturated rings. The van der Waals surface area contributed by atoms with E-state index in [0.717, 1.165) is 37.0 Å². The summed E-state index contributed by atoms with van der Waals surface area (Å²) < 4.78 is 0. The van der Waals surface area contributed by atoms with E-state index < -0.39 is 0 Å². The Morgan fingerprint density at radius 3 is 2.38 bits per heavy atom. The molecule has 21 heavy (non-hydrogen) atoms. The molecular weight excluding hydrogens is 286 g/mol. The highest BCUT2D eigenvalue weighted by atomic mass is 35.5. The molecule has 4 bridgehead atoms. The summed E-state index contributed by atoms with van der Waals surface area (Å²) in [7, 11) is 0. The van der Waals surface area contributed by atoms with Crippen molar-refractivity contribution in [2.24, 2.45) is 17.8 Å². The lowest BCUT2D eigenvalue weighted by atomic mass is 9.53. The van der Waals surface area contributed by atoms with Crippen molar-refractivity contribution in [3.05, 3.63) is 23.5 Å². The van der Waals surface area contributed by atoms with Crippen molar-refractivity contribution in [3.8, 4) is 0 Å². The standard InChI is InChI=1S/C16H20ClN3O/c17-14-13(2-1-3-18-14)19-15(21)20-16-7-10-4-11(8-16)6-12(5-10)9-16/h1-3,10-12H,4-9H2,(H2,19,20,21).